The third kappa shape index (κ3) is 6.59. The first-order valence-corrected chi connectivity index (χ1v) is 5.59. The summed E-state index contributed by atoms with van der Waals surface area (Å²) in [4.78, 5) is 20.4. The Hall–Kier alpha value is -1.85. The SMILES string of the molecule is CC(=O)c1ccccc1C(F)(F)F.CCCC(=O)O. The monoisotopic (exact) mass is 276 g/mol. The third-order valence-electron chi connectivity index (χ3n) is 2.08. The molecular weight excluding hydrogens is 261 g/mol. The highest BCUT2D eigenvalue weighted by atomic mass is 19.4. The van der Waals surface area contributed by atoms with E-state index in [9.17, 15) is 22.8 Å². The van der Waals surface area contributed by atoms with E-state index in [4.69, 9.17) is 5.11 Å². The van der Waals surface area contributed by atoms with E-state index in [0.29, 0.717) is 6.42 Å². The molecule has 0 fully saturated rings. The van der Waals surface area contributed by atoms with E-state index in [1.54, 1.807) is 0 Å². The van der Waals surface area contributed by atoms with Crippen LogP contribution < -0.4 is 0 Å². The Balaban J connectivity index is 0.000000459. The van der Waals surface area contributed by atoms with Gasteiger partial charge in [-0.2, -0.15) is 13.2 Å². The Kier molecular flexibility index (Phi) is 6.82. The lowest BCUT2D eigenvalue weighted by molar-refractivity contribution is -0.138. The van der Waals surface area contributed by atoms with Gasteiger partial charge in [-0.1, -0.05) is 25.1 Å². The molecule has 0 unspecified atom stereocenters. The molecule has 1 aromatic rings. The summed E-state index contributed by atoms with van der Waals surface area (Å²) in [6.45, 7) is 2.96. The van der Waals surface area contributed by atoms with Gasteiger partial charge >= 0.3 is 12.1 Å². The first-order valence-electron chi connectivity index (χ1n) is 5.59. The predicted molar refractivity (Wildman–Crippen MR) is 64.0 cm³/mol. The number of ketones is 1. The van der Waals surface area contributed by atoms with Gasteiger partial charge in [0.2, 0.25) is 0 Å². The van der Waals surface area contributed by atoms with Crippen LogP contribution in [0, 0.1) is 0 Å². The molecule has 0 aliphatic carbocycles. The molecule has 0 saturated carbocycles. The van der Waals surface area contributed by atoms with Crippen LogP contribution in [-0.2, 0) is 11.0 Å². The summed E-state index contributed by atoms with van der Waals surface area (Å²) in [5, 5.41) is 7.91. The Bertz CT molecular complexity index is 439. The van der Waals surface area contributed by atoms with Crippen molar-refractivity contribution in [3.05, 3.63) is 35.4 Å². The number of aliphatic carboxylic acids is 1. The Morgan fingerprint density at radius 2 is 1.74 bits per heavy atom. The van der Waals surface area contributed by atoms with Crippen molar-refractivity contribution in [3.63, 3.8) is 0 Å². The predicted octanol–water partition coefficient (Wildman–Crippen LogP) is 3.78. The first kappa shape index (κ1) is 17.2. The summed E-state index contributed by atoms with van der Waals surface area (Å²) in [5.41, 5.74) is -1.16. The average Bonchev–Trinajstić information content (AvgIpc) is 2.28. The zero-order valence-corrected chi connectivity index (χ0v) is 10.6. The van der Waals surface area contributed by atoms with Crippen LogP contribution in [-0.4, -0.2) is 16.9 Å². The molecule has 0 radical (unpaired) electrons. The number of benzene rings is 1. The summed E-state index contributed by atoms with van der Waals surface area (Å²) < 4.78 is 36.8. The van der Waals surface area contributed by atoms with Crippen LogP contribution in [0.5, 0.6) is 0 Å². The van der Waals surface area contributed by atoms with Crippen molar-refractivity contribution < 1.29 is 27.9 Å². The van der Waals surface area contributed by atoms with E-state index < -0.39 is 23.5 Å². The molecule has 0 spiro atoms. The summed E-state index contributed by atoms with van der Waals surface area (Å²) in [6.07, 6.45) is -3.43. The van der Waals surface area contributed by atoms with Crippen LogP contribution >= 0.6 is 0 Å². The lowest BCUT2D eigenvalue weighted by atomic mass is 10.0. The second-order valence-corrected chi connectivity index (χ2v) is 3.74. The molecule has 6 heteroatoms. The van der Waals surface area contributed by atoms with Crippen LogP contribution in [0.2, 0.25) is 0 Å². The fourth-order valence-electron chi connectivity index (χ4n) is 1.25. The van der Waals surface area contributed by atoms with E-state index in [-0.39, 0.29) is 5.56 Å². The first-order chi connectivity index (χ1) is 8.70. The van der Waals surface area contributed by atoms with Gasteiger partial charge in [-0.15, -0.1) is 0 Å². The van der Waals surface area contributed by atoms with Crippen LogP contribution in [0.1, 0.15) is 42.6 Å². The largest absolute Gasteiger partial charge is 0.481 e. The molecule has 0 saturated heterocycles. The maximum absolute atomic E-state index is 12.3. The third-order valence-corrected chi connectivity index (χ3v) is 2.08. The van der Waals surface area contributed by atoms with Crippen LogP contribution in [0.15, 0.2) is 24.3 Å². The number of rotatable bonds is 3. The van der Waals surface area contributed by atoms with Gasteiger partial charge in [0.1, 0.15) is 0 Å². The van der Waals surface area contributed by atoms with Gasteiger partial charge in [0.05, 0.1) is 5.56 Å². The van der Waals surface area contributed by atoms with Gasteiger partial charge in [0.15, 0.2) is 5.78 Å². The fourth-order valence-corrected chi connectivity index (χ4v) is 1.25. The molecule has 1 N–H and O–H groups in total. The molecule has 0 heterocycles. The normalized spacial score (nSPS) is 10.4. The molecule has 0 amide bonds. The van der Waals surface area contributed by atoms with Gasteiger partial charge in [0.25, 0.3) is 0 Å². The molecule has 0 bridgehead atoms. The van der Waals surface area contributed by atoms with Crippen molar-refractivity contribution in [1.82, 2.24) is 0 Å². The number of halogens is 3. The van der Waals surface area contributed by atoms with Gasteiger partial charge in [0, 0.05) is 12.0 Å². The standard InChI is InChI=1S/C9H7F3O.C4H8O2/c1-6(13)7-4-2-3-5-8(7)9(10,11)12;1-2-3-4(5)6/h2-5H,1H3;2-3H2,1H3,(H,5,6). The quantitative estimate of drug-likeness (QED) is 0.855. The van der Waals surface area contributed by atoms with Crippen LogP contribution in [0.25, 0.3) is 0 Å². The summed E-state index contributed by atoms with van der Waals surface area (Å²) in [5.74, 6) is -1.29. The highest BCUT2D eigenvalue weighted by molar-refractivity contribution is 5.95. The minimum atomic E-state index is -4.46. The molecule has 3 nitrogen and oxygen atoms in total. The van der Waals surface area contributed by atoms with Gasteiger partial charge in [-0.05, 0) is 19.4 Å². The van der Waals surface area contributed by atoms with Gasteiger partial charge in [-0.3, -0.25) is 9.59 Å². The second-order valence-electron chi connectivity index (χ2n) is 3.74. The van der Waals surface area contributed by atoms with Crippen molar-refractivity contribution in [2.45, 2.75) is 32.9 Å². The lowest BCUT2D eigenvalue weighted by Crippen LogP contribution is -2.11. The summed E-state index contributed by atoms with van der Waals surface area (Å²) in [6, 6.07) is 4.74. The van der Waals surface area contributed by atoms with Crippen LogP contribution in [0.3, 0.4) is 0 Å². The van der Waals surface area contributed by atoms with Crippen molar-refractivity contribution in [3.8, 4) is 0 Å². The molecule has 1 aromatic carbocycles. The molecule has 0 aliphatic rings. The zero-order valence-electron chi connectivity index (χ0n) is 10.6. The number of hydrogen-bond donors (Lipinski definition) is 1. The minimum Gasteiger partial charge on any atom is -0.481 e. The van der Waals surface area contributed by atoms with E-state index in [1.807, 2.05) is 6.92 Å². The molecule has 0 aromatic heterocycles. The number of hydrogen-bond acceptors (Lipinski definition) is 2. The maximum Gasteiger partial charge on any atom is 0.417 e. The number of carboxylic acid groups (broad SMARTS) is 1. The summed E-state index contributed by atoms with van der Waals surface area (Å²) >= 11 is 0. The number of carbonyl (C=O) groups excluding carboxylic acids is 1. The smallest absolute Gasteiger partial charge is 0.417 e. The number of Topliss-reactive ketones (excluding diaryl/α,β-unsaturated/α-hetero) is 1. The van der Waals surface area contributed by atoms with Gasteiger partial charge < -0.3 is 5.11 Å². The molecule has 106 valence electrons. The van der Waals surface area contributed by atoms with E-state index in [1.165, 1.54) is 18.2 Å². The minimum absolute atomic E-state index is 0.282. The van der Waals surface area contributed by atoms with E-state index in [0.717, 1.165) is 19.4 Å². The fraction of sp³-hybridized carbons (Fsp3) is 0.385. The van der Waals surface area contributed by atoms with E-state index >= 15 is 0 Å². The Morgan fingerprint density at radius 3 is 2.00 bits per heavy atom. The molecule has 0 aliphatic heterocycles. The van der Waals surface area contributed by atoms with Crippen LogP contribution in [0.4, 0.5) is 13.2 Å². The maximum atomic E-state index is 12.3. The molecule has 0 atom stereocenters. The number of alkyl halides is 3. The zero-order chi connectivity index (χ0) is 15.1. The highest BCUT2D eigenvalue weighted by Crippen LogP contribution is 2.31. The van der Waals surface area contributed by atoms with E-state index in [2.05, 4.69) is 0 Å². The van der Waals surface area contributed by atoms with Crippen molar-refractivity contribution in [1.29, 1.82) is 0 Å². The topological polar surface area (TPSA) is 54.4 Å². The van der Waals surface area contributed by atoms with Gasteiger partial charge in [-0.25, -0.2) is 0 Å². The average molecular weight is 276 g/mol. The van der Waals surface area contributed by atoms with Crippen molar-refractivity contribution in [2.24, 2.45) is 0 Å². The van der Waals surface area contributed by atoms with Crippen molar-refractivity contribution in [2.75, 3.05) is 0 Å². The Morgan fingerprint density at radius 1 is 1.21 bits per heavy atom. The van der Waals surface area contributed by atoms with Crippen molar-refractivity contribution >= 4 is 11.8 Å². The number of carboxylic acids is 1. The highest BCUT2D eigenvalue weighted by Gasteiger charge is 2.33. The molecule has 1 rings (SSSR count). The lowest BCUT2D eigenvalue weighted by Gasteiger charge is -2.09. The molecular formula is C13H15F3O3. The summed E-state index contributed by atoms with van der Waals surface area (Å²) in [7, 11) is 0. The molecule has 19 heavy (non-hydrogen) atoms. The number of carbonyl (C=O) groups is 2. The second kappa shape index (κ2) is 7.56. The Labute approximate surface area is 109 Å².